The highest BCUT2D eigenvalue weighted by Crippen LogP contribution is 2.26. The lowest BCUT2D eigenvalue weighted by atomic mass is 9.92. The van der Waals surface area contributed by atoms with Crippen LogP contribution in [0.3, 0.4) is 0 Å². The van der Waals surface area contributed by atoms with Crippen LogP contribution in [0.1, 0.15) is 30.4 Å². The molecule has 6 nitrogen and oxygen atoms in total. The molecule has 7 heteroatoms. The van der Waals surface area contributed by atoms with Gasteiger partial charge in [0.05, 0.1) is 12.0 Å². The lowest BCUT2D eigenvalue weighted by Crippen LogP contribution is -2.37. The van der Waals surface area contributed by atoms with E-state index >= 15 is 0 Å². The number of sulfonamides is 1. The molecule has 0 unspecified atom stereocenters. The van der Waals surface area contributed by atoms with E-state index in [2.05, 4.69) is 0 Å². The number of aryl methyl sites for hydroxylation is 2. The summed E-state index contributed by atoms with van der Waals surface area (Å²) in [4.78, 5) is 13.6. The van der Waals surface area contributed by atoms with E-state index in [1.807, 2.05) is 12.1 Å². The number of carbonyl (C=O) groups is 1. The Bertz CT molecular complexity index is 717. The van der Waals surface area contributed by atoms with Crippen molar-refractivity contribution in [1.82, 2.24) is 9.21 Å². The van der Waals surface area contributed by atoms with Crippen molar-refractivity contribution in [2.75, 3.05) is 33.3 Å². The van der Waals surface area contributed by atoms with E-state index in [4.69, 9.17) is 4.74 Å². The Morgan fingerprint density at radius 3 is 2.50 bits per heavy atom. The Morgan fingerprint density at radius 2 is 1.75 bits per heavy atom. The second kappa shape index (κ2) is 7.11. The van der Waals surface area contributed by atoms with Crippen LogP contribution < -0.4 is 0 Å². The number of amides is 1. The Morgan fingerprint density at radius 1 is 1.00 bits per heavy atom. The second-order valence-corrected chi connectivity index (χ2v) is 8.29. The third-order valence-corrected chi connectivity index (χ3v) is 6.74. The van der Waals surface area contributed by atoms with Crippen LogP contribution in [0.5, 0.6) is 0 Å². The number of rotatable bonds is 2. The number of nitrogens with zero attached hydrogens (tertiary/aromatic N) is 2. The maximum Gasteiger partial charge on any atom is 0.409 e. The van der Waals surface area contributed by atoms with Crippen molar-refractivity contribution in [3.8, 4) is 0 Å². The summed E-state index contributed by atoms with van der Waals surface area (Å²) < 4.78 is 32.1. The monoisotopic (exact) mass is 352 g/mol. The van der Waals surface area contributed by atoms with Crippen molar-refractivity contribution in [2.45, 2.75) is 37.0 Å². The fourth-order valence-corrected chi connectivity index (χ4v) is 4.99. The summed E-state index contributed by atoms with van der Waals surface area (Å²) >= 11 is 0. The van der Waals surface area contributed by atoms with Gasteiger partial charge in [0.1, 0.15) is 0 Å². The zero-order chi connectivity index (χ0) is 17.2. The minimum atomic E-state index is -3.52. The Balaban J connectivity index is 1.79. The third kappa shape index (κ3) is 3.42. The topological polar surface area (TPSA) is 66.9 Å². The Hall–Kier alpha value is -1.60. The van der Waals surface area contributed by atoms with Gasteiger partial charge in [-0.05, 0) is 55.4 Å². The first-order valence-electron chi connectivity index (χ1n) is 8.47. The molecule has 3 rings (SSSR count). The molecule has 1 aliphatic heterocycles. The molecule has 1 fully saturated rings. The molecule has 0 atom stereocenters. The molecule has 0 radical (unpaired) electrons. The van der Waals surface area contributed by atoms with Crippen molar-refractivity contribution in [3.63, 3.8) is 0 Å². The number of methoxy groups -OCH3 is 1. The van der Waals surface area contributed by atoms with Crippen molar-refractivity contribution < 1.29 is 17.9 Å². The smallest absolute Gasteiger partial charge is 0.409 e. The maximum atomic E-state index is 13.0. The van der Waals surface area contributed by atoms with Crippen LogP contribution >= 0.6 is 0 Å². The van der Waals surface area contributed by atoms with Crippen LogP contribution in [-0.2, 0) is 27.6 Å². The maximum absolute atomic E-state index is 13.0. The Labute approximate surface area is 143 Å². The summed E-state index contributed by atoms with van der Waals surface area (Å²) in [6.45, 7) is 1.60. The molecule has 1 aliphatic carbocycles. The highest BCUT2D eigenvalue weighted by Gasteiger charge is 2.29. The summed E-state index contributed by atoms with van der Waals surface area (Å²) in [5, 5.41) is 0. The molecular weight excluding hydrogens is 328 g/mol. The van der Waals surface area contributed by atoms with Crippen LogP contribution in [-0.4, -0.2) is 57.0 Å². The summed E-state index contributed by atoms with van der Waals surface area (Å²) in [6, 6.07) is 5.52. The van der Waals surface area contributed by atoms with E-state index in [1.165, 1.54) is 23.4 Å². The van der Waals surface area contributed by atoms with Gasteiger partial charge in [-0.3, -0.25) is 0 Å². The predicted octanol–water partition coefficient (Wildman–Crippen LogP) is 2.03. The standard InChI is InChI=1S/C17H24N2O4S/c1-23-17(20)18-9-4-10-19(12-11-18)24(21,22)16-8-7-14-5-2-3-6-15(14)13-16/h7-8,13H,2-6,9-12H2,1H3. The number of carbonyl (C=O) groups excluding carboxylic acids is 1. The van der Waals surface area contributed by atoms with Crippen molar-refractivity contribution >= 4 is 16.1 Å². The normalized spacial score (nSPS) is 19.5. The van der Waals surface area contributed by atoms with Crippen LogP contribution in [0, 0.1) is 0 Å². The number of benzene rings is 1. The first-order valence-corrected chi connectivity index (χ1v) is 9.91. The van der Waals surface area contributed by atoms with Crippen LogP contribution in [0.2, 0.25) is 0 Å². The number of hydrogen-bond acceptors (Lipinski definition) is 4. The van der Waals surface area contributed by atoms with E-state index in [1.54, 1.807) is 11.0 Å². The summed E-state index contributed by atoms with van der Waals surface area (Å²) in [5.74, 6) is 0. The molecule has 1 aromatic carbocycles. The molecule has 2 aliphatic rings. The van der Waals surface area contributed by atoms with Gasteiger partial charge < -0.3 is 9.64 Å². The minimum absolute atomic E-state index is 0.300. The first kappa shape index (κ1) is 17.2. The molecule has 132 valence electrons. The van der Waals surface area contributed by atoms with E-state index in [-0.39, 0.29) is 0 Å². The van der Waals surface area contributed by atoms with Crippen LogP contribution in [0.15, 0.2) is 23.1 Å². The van der Waals surface area contributed by atoms with Crippen LogP contribution in [0.25, 0.3) is 0 Å². The molecule has 1 aromatic rings. The second-order valence-electron chi connectivity index (χ2n) is 6.35. The van der Waals surface area contributed by atoms with E-state index in [0.717, 1.165) is 24.8 Å². The summed E-state index contributed by atoms with van der Waals surface area (Å²) in [7, 11) is -2.18. The minimum Gasteiger partial charge on any atom is -0.453 e. The lowest BCUT2D eigenvalue weighted by molar-refractivity contribution is 0.126. The van der Waals surface area contributed by atoms with Gasteiger partial charge in [0.15, 0.2) is 0 Å². The van der Waals surface area contributed by atoms with Gasteiger partial charge in [-0.1, -0.05) is 6.07 Å². The molecule has 1 heterocycles. The predicted molar refractivity (Wildman–Crippen MR) is 90.4 cm³/mol. The molecule has 1 saturated heterocycles. The number of fused-ring (bicyclic) bond motifs is 1. The van der Waals surface area contributed by atoms with Gasteiger partial charge in [0.2, 0.25) is 10.0 Å². The first-order chi connectivity index (χ1) is 11.5. The fraction of sp³-hybridized carbons (Fsp3) is 0.588. The summed E-state index contributed by atoms with van der Waals surface area (Å²) in [6.07, 6.45) is 4.49. The molecule has 24 heavy (non-hydrogen) atoms. The van der Waals surface area contributed by atoms with Gasteiger partial charge in [-0.2, -0.15) is 4.31 Å². The molecule has 0 bridgehead atoms. The van der Waals surface area contributed by atoms with Crippen LogP contribution in [0.4, 0.5) is 4.79 Å². The molecule has 0 N–H and O–H groups in total. The van der Waals surface area contributed by atoms with Gasteiger partial charge >= 0.3 is 6.09 Å². The highest BCUT2D eigenvalue weighted by molar-refractivity contribution is 7.89. The quantitative estimate of drug-likeness (QED) is 0.817. The van der Waals surface area contributed by atoms with Gasteiger partial charge in [0.25, 0.3) is 0 Å². The molecule has 0 spiro atoms. The third-order valence-electron chi connectivity index (χ3n) is 4.85. The number of ether oxygens (including phenoxy) is 1. The largest absolute Gasteiger partial charge is 0.453 e. The van der Waals surface area contributed by atoms with E-state index in [9.17, 15) is 13.2 Å². The zero-order valence-electron chi connectivity index (χ0n) is 14.0. The summed E-state index contributed by atoms with van der Waals surface area (Å²) in [5.41, 5.74) is 2.43. The highest BCUT2D eigenvalue weighted by atomic mass is 32.2. The average molecular weight is 352 g/mol. The zero-order valence-corrected chi connectivity index (χ0v) is 14.8. The number of hydrogen-bond donors (Lipinski definition) is 0. The fourth-order valence-electron chi connectivity index (χ4n) is 3.47. The SMILES string of the molecule is COC(=O)N1CCCN(S(=O)(=O)c2ccc3c(c2)CCCC3)CC1. The molecule has 0 aromatic heterocycles. The van der Waals surface area contributed by atoms with Crippen molar-refractivity contribution in [3.05, 3.63) is 29.3 Å². The van der Waals surface area contributed by atoms with Crippen molar-refractivity contribution in [2.24, 2.45) is 0 Å². The van der Waals surface area contributed by atoms with Crippen molar-refractivity contribution in [1.29, 1.82) is 0 Å². The van der Waals surface area contributed by atoms with E-state index < -0.39 is 16.1 Å². The molecular formula is C17H24N2O4S. The molecule has 0 saturated carbocycles. The average Bonchev–Trinajstić information content (AvgIpc) is 2.87. The van der Waals surface area contributed by atoms with E-state index in [0.29, 0.717) is 37.5 Å². The van der Waals surface area contributed by atoms with Gasteiger partial charge in [-0.15, -0.1) is 0 Å². The molecule has 1 amide bonds. The lowest BCUT2D eigenvalue weighted by Gasteiger charge is -2.22. The van der Waals surface area contributed by atoms with Gasteiger partial charge in [-0.25, -0.2) is 13.2 Å². The van der Waals surface area contributed by atoms with Gasteiger partial charge in [0, 0.05) is 26.2 Å². The Kier molecular flexibility index (Phi) is 5.10.